The van der Waals surface area contributed by atoms with E-state index in [2.05, 4.69) is 5.32 Å². The quantitative estimate of drug-likeness (QED) is 0.747. The topological polar surface area (TPSA) is 32.3 Å². The Morgan fingerprint density at radius 1 is 1.27 bits per heavy atom. The van der Waals surface area contributed by atoms with Gasteiger partial charge >= 0.3 is 0 Å². The van der Waals surface area contributed by atoms with Crippen LogP contribution in [0.4, 0.5) is 5.69 Å². The molecule has 2 N–H and O–H groups in total. The minimum atomic E-state index is 0. The van der Waals surface area contributed by atoms with Crippen LogP contribution in [-0.4, -0.2) is 11.7 Å². The van der Waals surface area contributed by atoms with Gasteiger partial charge in [0.25, 0.3) is 0 Å². The maximum absolute atomic E-state index is 8.90. The third-order valence-corrected chi connectivity index (χ3v) is 1.25. The summed E-state index contributed by atoms with van der Waals surface area (Å²) < 4.78 is 0. The van der Waals surface area contributed by atoms with Crippen molar-refractivity contribution in [3.05, 3.63) is 24.3 Å². The molecule has 11 heavy (non-hydrogen) atoms. The first-order valence-corrected chi connectivity index (χ1v) is 3.36. The van der Waals surface area contributed by atoms with Crippen LogP contribution in [0.1, 0.15) is 6.92 Å². The zero-order valence-electron chi connectivity index (χ0n) is 6.37. The molecule has 0 aromatic heterocycles. The predicted octanol–water partition coefficient (Wildman–Crippen LogP) is 2.40. The van der Waals surface area contributed by atoms with Crippen molar-refractivity contribution >= 4 is 22.7 Å². The maximum Gasteiger partial charge on any atom is 0.115 e. The van der Waals surface area contributed by atoms with E-state index in [1.165, 1.54) is 0 Å². The van der Waals surface area contributed by atoms with Crippen LogP contribution >= 0.6 is 17.0 Å². The highest BCUT2D eigenvalue weighted by Crippen LogP contribution is 2.12. The highest BCUT2D eigenvalue weighted by Gasteiger charge is 1.87. The number of anilines is 1. The lowest BCUT2D eigenvalue weighted by Crippen LogP contribution is -1.94. The zero-order chi connectivity index (χ0) is 7.40. The number of phenolic OH excluding ortho intramolecular Hbond substituents is 1. The average molecular weight is 218 g/mol. The van der Waals surface area contributed by atoms with Gasteiger partial charge in [0.05, 0.1) is 0 Å². The highest BCUT2D eigenvalue weighted by atomic mass is 79.9. The summed E-state index contributed by atoms with van der Waals surface area (Å²) in [5.74, 6) is 0.307. The van der Waals surface area contributed by atoms with Crippen LogP contribution in [0.3, 0.4) is 0 Å². The van der Waals surface area contributed by atoms with Gasteiger partial charge in [0, 0.05) is 12.2 Å². The van der Waals surface area contributed by atoms with E-state index in [1.54, 1.807) is 12.1 Å². The first-order valence-electron chi connectivity index (χ1n) is 3.36. The van der Waals surface area contributed by atoms with E-state index in [1.807, 2.05) is 19.1 Å². The van der Waals surface area contributed by atoms with Gasteiger partial charge in [0.2, 0.25) is 0 Å². The van der Waals surface area contributed by atoms with Gasteiger partial charge in [0.15, 0.2) is 0 Å². The molecule has 0 aliphatic carbocycles. The van der Waals surface area contributed by atoms with Gasteiger partial charge < -0.3 is 10.4 Å². The van der Waals surface area contributed by atoms with Crippen molar-refractivity contribution in [2.45, 2.75) is 6.92 Å². The monoisotopic (exact) mass is 217 g/mol. The van der Waals surface area contributed by atoms with Gasteiger partial charge in [-0.05, 0) is 31.2 Å². The average Bonchev–Trinajstić information content (AvgIpc) is 1.95. The largest absolute Gasteiger partial charge is 0.508 e. The van der Waals surface area contributed by atoms with Crippen molar-refractivity contribution in [2.75, 3.05) is 11.9 Å². The normalized spacial score (nSPS) is 8.45. The fraction of sp³-hybridized carbons (Fsp3) is 0.250. The second-order valence-electron chi connectivity index (χ2n) is 2.08. The Labute approximate surface area is 77.0 Å². The predicted molar refractivity (Wildman–Crippen MR) is 52.6 cm³/mol. The third kappa shape index (κ3) is 3.28. The van der Waals surface area contributed by atoms with E-state index in [4.69, 9.17) is 5.11 Å². The Bertz CT molecular complexity index is 198. The molecule has 2 nitrogen and oxygen atoms in total. The van der Waals surface area contributed by atoms with E-state index >= 15 is 0 Å². The number of phenols is 1. The van der Waals surface area contributed by atoms with Gasteiger partial charge in [-0.15, -0.1) is 17.0 Å². The summed E-state index contributed by atoms with van der Waals surface area (Å²) >= 11 is 0. The molecule has 0 spiro atoms. The third-order valence-electron chi connectivity index (χ3n) is 1.25. The Balaban J connectivity index is 0.000001000. The molecule has 0 amide bonds. The molecule has 0 radical (unpaired) electrons. The van der Waals surface area contributed by atoms with Crippen LogP contribution in [0.5, 0.6) is 5.75 Å². The number of aromatic hydroxyl groups is 1. The number of halogens is 1. The molecule has 0 atom stereocenters. The van der Waals surface area contributed by atoms with E-state index in [0.717, 1.165) is 12.2 Å². The summed E-state index contributed by atoms with van der Waals surface area (Å²) in [5.41, 5.74) is 1.04. The lowest BCUT2D eigenvalue weighted by atomic mass is 10.3. The smallest absolute Gasteiger partial charge is 0.115 e. The van der Waals surface area contributed by atoms with Crippen LogP contribution in [-0.2, 0) is 0 Å². The number of benzene rings is 1. The van der Waals surface area contributed by atoms with Crippen LogP contribution in [0.25, 0.3) is 0 Å². The van der Waals surface area contributed by atoms with Crippen LogP contribution < -0.4 is 5.32 Å². The molecule has 0 bridgehead atoms. The lowest BCUT2D eigenvalue weighted by Gasteiger charge is -2.00. The number of hydrogen-bond acceptors (Lipinski definition) is 2. The molecule has 0 aliphatic rings. The van der Waals surface area contributed by atoms with Crippen molar-refractivity contribution < 1.29 is 5.11 Å². The Morgan fingerprint density at radius 3 is 2.27 bits per heavy atom. The molecule has 1 aromatic rings. The zero-order valence-corrected chi connectivity index (χ0v) is 8.09. The van der Waals surface area contributed by atoms with Crippen molar-refractivity contribution in [3.8, 4) is 5.75 Å². The minimum Gasteiger partial charge on any atom is -0.508 e. The second kappa shape index (κ2) is 5.02. The lowest BCUT2D eigenvalue weighted by molar-refractivity contribution is 0.475. The van der Waals surface area contributed by atoms with E-state index < -0.39 is 0 Å². The highest BCUT2D eigenvalue weighted by molar-refractivity contribution is 8.93. The Hall–Kier alpha value is -0.700. The molecule has 0 unspecified atom stereocenters. The summed E-state index contributed by atoms with van der Waals surface area (Å²) in [5, 5.41) is 12.0. The van der Waals surface area contributed by atoms with Crippen molar-refractivity contribution in [3.63, 3.8) is 0 Å². The molecule has 1 rings (SSSR count). The fourth-order valence-electron chi connectivity index (χ4n) is 0.783. The van der Waals surface area contributed by atoms with Gasteiger partial charge in [-0.25, -0.2) is 0 Å². The second-order valence-corrected chi connectivity index (χ2v) is 2.08. The van der Waals surface area contributed by atoms with E-state index in [-0.39, 0.29) is 17.0 Å². The minimum absolute atomic E-state index is 0. The standard InChI is InChI=1S/C8H11NO.BrH/c1-2-9-7-3-5-8(10)6-4-7;/h3-6,9-10H,2H2,1H3;1H. The molecule has 0 fully saturated rings. The van der Waals surface area contributed by atoms with Crippen molar-refractivity contribution in [2.24, 2.45) is 0 Å². The molecular weight excluding hydrogens is 206 g/mol. The van der Waals surface area contributed by atoms with E-state index in [0.29, 0.717) is 5.75 Å². The molecule has 0 saturated heterocycles. The van der Waals surface area contributed by atoms with Crippen LogP contribution in [0.15, 0.2) is 24.3 Å². The molecular formula is C8H12BrNO. The molecule has 62 valence electrons. The van der Waals surface area contributed by atoms with Crippen LogP contribution in [0, 0.1) is 0 Å². The first kappa shape index (κ1) is 10.3. The Morgan fingerprint density at radius 2 is 1.82 bits per heavy atom. The summed E-state index contributed by atoms with van der Waals surface area (Å²) in [6, 6.07) is 7.02. The van der Waals surface area contributed by atoms with Crippen LogP contribution in [0.2, 0.25) is 0 Å². The first-order chi connectivity index (χ1) is 4.83. The molecule has 1 aromatic carbocycles. The van der Waals surface area contributed by atoms with Gasteiger partial charge in [0.1, 0.15) is 5.75 Å². The summed E-state index contributed by atoms with van der Waals surface area (Å²) in [6.45, 7) is 2.94. The van der Waals surface area contributed by atoms with E-state index in [9.17, 15) is 0 Å². The van der Waals surface area contributed by atoms with Crippen molar-refractivity contribution in [1.29, 1.82) is 0 Å². The molecule has 0 heterocycles. The summed E-state index contributed by atoms with van der Waals surface area (Å²) in [4.78, 5) is 0. The molecule has 3 heteroatoms. The van der Waals surface area contributed by atoms with Crippen molar-refractivity contribution in [1.82, 2.24) is 0 Å². The molecule has 0 aliphatic heterocycles. The number of rotatable bonds is 2. The SMILES string of the molecule is Br.CCNc1ccc(O)cc1. The summed E-state index contributed by atoms with van der Waals surface area (Å²) in [7, 11) is 0. The number of hydrogen-bond donors (Lipinski definition) is 2. The van der Waals surface area contributed by atoms with Gasteiger partial charge in [-0.2, -0.15) is 0 Å². The maximum atomic E-state index is 8.90. The summed E-state index contributed by atoms with van der Waals surface area (Å²) in [6.07, 6.45) is 0. The Kier molecular flexibility index (Phi) is 4.70. The van der Waals surface area contributed by atoms with Gasteiger partial charge in [-0.1, -0.05) is 0 Å². The molecule has 0 saturated carbocycles. The fourth-order valence-corrected chi connectivity index (χ4v) is 0.783. The van der Waals surface area contributed by atoms with Gasteiger partial charge in [-0.3, -0.25) is 0 Å². The number of nitrogens with one attached hydrogen (secondary N) is 1.